The Bertz CT molecular complexity index is 566. The monoisotopic (exact) mass is 347 g/mol. The quantitative estimate of drug-likeness (QED) is 0.877. The Morgan fingerprint density at radius 2 is 2.04 bits per heavy atom. The lowest BCUT2D eigenvalue weighted by Crippen LogP contribution is -2.45. The van der Waals surface area contributed by atoms with Crippen LogP contribution < -0.4 is 5.32 Å². The average Bonchev–Trinajstić information content (AvgIpc) is 3.16. The number of H-pyrrole nitrogens is 1. The van der Waals surface area contributed by atoms with Crippen LogP contribution in [0.1, 0.15) is 57.1 Å². The third-order valence-electron chi connectivity index (χ3n) is 5.56. The first kappa shape index (κ1) is 17.8. The summed E-state index contributed by atoms with van der Waals surface area (Å²) in [5.41, 5.74) is 1.09. The molecule has 2 aliphatic heterocycles. The predicted molar refractivity (Wildman–Crippen MR) is 94.9 cm³/mol. The summed E-state index contributed by atoms with van der Waals surface area (Å²) in [6.07, 6.45) is 9.98. The Hall–Kier alpha value is -2.05. The number of carbonyl (C=O) groups excluding carboxylic acids is 2. The van der Waals surface area contributed by atoms with E-state index in [9.17, 15) is 9.59 Å². The van der Waals surface area contributed by atoms with Crippen LogP contribution in [0, 0.1) is 5.92 Å². The molecule has 3 amide bonds. The molecule has 0 radical (unpaired) electrons. The summed E-state index contributed by atoms with van der Waals surface area (Å²) in [4.78, 5) is 27.9. The van der Waals surface area contributed by atoms with E-state index in [1.165, 1.54) is 0 Å². The SMILES string of the molecule is CC(=O)N1CCC(CCNC(=O)N2CCCC[C@@H]2c2cn[nH]c2)CC1. The zero-order valence-electron chi connectivity index (χ0n) is 15.0. The first-order valence-corrected chi connectivity index (χ1v) is 9.44. The van der Waals surface area contributed by atoms with Gasteiger partial charge >= 0.3 is 6.03 Å². The highest BCUT2D eigenvalue weighted by Crippen LogP contribution is 2.30. The van der Waals surface area contributed by atoms with Crippen LogP contribution in [0.4, 0.5) is 4.79 Å². The van der Waals surface area contributed by atoms with E-state index in [-0.39, 0.29) is 18.0 Å². The van der Waals surface area contributed by atoms with E-state index in [2.05, 4.69) is 15.5 Å². The molecule has 0 spiro atoms. The van der Waals surface area contributed by atoms with Gasteiger partial charge in [-0.15, -0.1) is 0 Å². The molecule has 0 saturated carbocycles. The summed E-state index contributed by atoms with van der Waals surface area (Å²) in [6.45, 7) is 4.84. The van der Waals surface area contributed by atoms with Crippen LogP contribution in [0.3, 0.4) is 0 Å². The number of piperidine rings is 2. The molecule has 1 aromatic rings. The van der Waals surface area contributed by atoms with Crippen molar-refractivity contribution in [2.24, 2.45) is 5.92 Å². The number of nitrogens with zero attached hydrogens (tertiary/aromatic N) is 3. The van der Waals surface area contributed by atoms with Gasteiger partial charge in [0.15, 0.2) is 0 Å². The van der Waals surface area contributed by atoms with E-state index in [0.29, 0.717) is 12.5 Å². The third-order valence-corrected chi connectivity index (χ3v) is 5.56. The highest BCUT2D eigenvalue weighted by Gasteiger charge is 2.28. The molecule has 0 aliphatic carbocycles. The lowest BCUT2D eigenvalue weighted by molar-refractivity contribution is -0.130. The molecule has 0 bridgehead atoms. The van der Waals surface area contributed by atoms with Crippen molar-refractivity contribution in [3.05, 3.63) is 18.0 Å². The lowest BCUT2D eigenvalue weighted by Gasteiger charge is -2.35. The molecule has 1 atom stereocenters. The van der Waals surface area contributed by atoms with E-state index in [4.69, 9.17) is 0 Å². The maximum absolute atomic E-state index is 12.6. The van der Waals surface area contributed by atoms with Crippen molar-refractivity contribution in [2.75, 3.05) is 26.2 Å². The average molecular weight is 347 g/mol. The van der Waals surface area contributed by atoms with Crippen molar-refractivity contribution in [1.29, 1.82) is 0 Å². The summed E-state index contributed by atoms with van der Waals surface area (Å²) < 4.78 is 0. The minimum atomic E-state index is 0.0343. The van der Waals surface area contributed by atoms with Crippen molar-refractivity contribution in [3.8, 4) is 0 Å². The summed E-state index contributed by atoms with van der Waals surface area (Å²) in [5, 5.41) is 9.97. The molecule has 1 aromatic heterocycles. The number of rotatable bonds is 4. The maximum Gasteiger partial charge on any atom is 0.317 e. The minimum Gasteiger partial charge on any atom is -0.343 e. The zero-order chi connectivity index (χ0) is 17.6. The van der Waals surface area contributed by atoms with Gasteiger partial charge in [-0.1, -0.05) is 0 Å². The highest BCUT2D eigenvalue weighted by molar-refractivity contribution is 5.75. The number of carbonyl (C=O) groups is 2. The molecular weight excluding hydrogens is 318 g/mol. The van der Waals surface area contributed by atoms with Gasteiger partial charge < -0.3 is 15.1 Å². The number of likely N-dealkylation sites (tertiary alicyclic amines) is 2. The van der Waals surface area contributed by atoms with Gasteiger partial charge in [0.1, 0.15) is 0 Å². The summed E-state index contributed by atoms with van der Waals surface area (Å²) in [7, 11) is 0. The molecule has 0 unspecified atom stereocenters. The fourth-order valence-electron chi connectivity index (χ4n) is 3.99. The fraction of sp³-hybridized carbons (Fsp3) is 0.722. The number of hydrogen-bond acceptors (Lipinski definition) is 3. The molecule has 2 fully saturated rings. The Labute approximate surface area is 149 Å². The van der Waals surface area contributed by atoms with E-state index in [0.717, 1.165) is 63.7 Å². The number of amides is 3. The second-order valence-corrected chi connectivity index (χ2v) is 7.21. The fourth-order valence-corrected chi connectivity index (χ4v) is 3.99. The van der Waals surface area contributed by atoms with Crippen LogP contribution in [0.2, 0.25) is 0 Å². The van der Waals surface area contributed by atoms with Gasteiger partial charge in [0.05, 0.1) is 12.2 Å². The molecule has 2 N–H and O–H groups in total. The minimum absolute atomic E-state index is 0.0343. The molecule has 2 saturated heterocycles. The van der Waals surface area contributed by atoms with Gasteiger partial charge in [-0.3, -0.25) is 9.89 Å². The second kappa shape index (κ2) is 8.36. The first-order valence-electron chi connectivity index (χ1n) is 9.44. The highest BCUT2D eigenvalue weighted by atomic mass is 16.2. The van der Waals surface area contributed by atoms with E-state index < -0.39 is 0 Å². The van der Waals surface area contributed by atoms with Gasteiger partial charge in [-0.25, -0.2) is 4.79 Å². The first-order chi connectivity index (χ1) is 12.1. The lowest BCUT2D eigenvalue weighted by atomic mass is 9.93. The van der Waals surface area contributed by atoms with Crippen LogP contribution in [0.15, 0.2) is 12.4 Å². The van der Waals surface area contributed by atoms with Crippen molar-refractivity contribution in [3.63, 3.8) is 0 Å². The Balaban J connectivity index is 1.43. The van der Waals surface area contributed by atoms with Crippen LogP contribution in [-0.2, 0) is 4.79 Å². The number of nitrogens with one attached hydrogen (secondary N) is 2. The third kappa shape index (κ3) is 4.52. The number of urea groups is 1. The maximum atomic E-state index is 12.6. The van der Waals surface area contributed by atoms with Crippen molar-refractivity contribution < 1.29 is 9.59 Å². The van der Waals surface area contributed by atoms with Crippen molar-refractivity contribution in [2.45, 2.75) is 51.5 Å². The molecule has 3 rings (SSSR count). The van der Waals surface area contributed by atoms with Crippen LogP contribution in [0.5, 0.6) is 0 Å². The second-order valence-electron chi connectivity index (χ2n) is 7.21. The topological polar surface area (TPSA) is 81.3 Å². The normalized spacial score (nSPS) is 22.0. The van der Waals surface area contributed by atoms with Gasteiger partial charge in [0, 0.05) is 44.9 Å². The largest absolute Gasteiger partial charge is 0.343 e. The van der Waals surface area contributed by atoms with E-state index in [1.54, 1.807) is 6.92 Å². The van der Waals surface area contributed by atoms with Crippen molar-refractivity contribution >= 4 is 11.9 Å². The van der Waals surface area contributed by atoms with Gasteiger partial charge in [0.25, 0.3) is 0 Å². The summed E-state index contributed by atoms with van der Waals surface area (Å²) in [6, 6.07) is 0.165. The Kier molecular flexibility index (Phi) is 5.94. The van der Waals surface area contributed by atoms with Gasteiger partial charge in [-0.05, 0) is 44.4 Å². The standard InChI is InChI=1S/C18H29N5O2/c1-14(24)22-10-6-15(7-11-22)5-8-19-18(25)23-9-3-2-4-17(23)16-12-20-21-13-16/h12-13,15,17H,2-11H2,1H3,(H,19,25)(H,20,21)/t17-/m1/s1. The van der Waals surface area contributed by atoms with Gasteiger partial charge in [-0.2, -0.15) is 5.10 Å². The molecule has 7 nitrogen and oxygen atoms in total. The van der Waals surface area contributed by atoms with Crippen molar-refractivity contribution in [1.82, 2.24) is 25.3 Å². The van der Waals surface area contributed by atoms with E-state index in [1.807, 2.05) is 22.2 Å². The molecular formula is C18H29N5O2. The van der Waals surface area contributed by atoms with Gasteiger partial charge in [0.2, 0.25) is 5.91 Å². The van der Waals surface area contributed by atoms with E-state index >= 15 is 0 Å². The molecule has 7 heteroatoms. The molecule has 138 valence electrons. The summed E-state index contributed by atoms with van der Waals surface area (Å²) >= 11 is 0. The summed E-state index contributed by atoms with van der Waals surface area (Å²) in [5.74, 6) is 0.768. The zero-order valence-corrected chi connectivity index (χ0v) is 15.0. The Morgan fingerprint density at radius 1 is 1.24 bits per heavy atom. The molecule has 2 aliphatic rings. The van der Waals surface area contributed by atoms with Crippen LogP contribution in [-0.4, -0.2) is 58.1 Å². The smallest absolute Gasteiger partial charge is 0.317 e. The predicted octanol–water partition coefficient (Wildman–Crippen LogP) is 2.29. The number of hydrogen-bond donors (Lipinski definition) is 2. The number of aromatic nitrogens is 2. The van der Waals surface area contributed by atoms with Crippen LogP contribution >= 0.6 is 0 Å². The molecule has 0 aromatic carbocycles. The number of aromatic amines is 1. The van der Waals surface area contributed by atoms with Crippen LogP contribution in [0.25, 0.3) is 0 Å². The molecule has 3 heterocycles. The Morgan fingerprint density at radius 3 is 2.72 bits per heavy atom. The molecule has 25 heavy (non-hydrogen) atoms.